The van der Waals surface area contributed by atoms with Crippen molar-refractivity contribution in [2.75, 3.05) is 0 Å². The standard InChI is InChI=1S/C22H23N3O2.ClH/c23-22(24)25-14-19-11-20(26-15-17-7-3-1-4-8-17)13-21(12-19)27-16-18-9-5-2-6-10-18;/h1-13H,14-16H2,(H4,23,24,25);1H. The predicted octanol–water partition coefficient (Wildman–Crippen LogP) is 4.04. The molecule has 146 valence electrons. The van der Waals surface area contributed by atoms with Crippen molar-refractivity contribution in [2.24, 2.45) is 16.5 Å². The van der Waals surface area contributed by atoms with Crippen LogP contribution in [-0.2, 0) is 19.8 Å². The van der Waals surface area contributed by atoms with Gasteiger partial charge in [-0.2, -0.15) is 0 Å². The van der Waals surface area contributed by atoms with Gasteiger partial charge in [-0.15, -0.1) is 12.4 Å². The molecule has 0 saturated heterocycles. The molecule has 28 heavy (non-hydrogen) atoms. The first-order valence-electron chi connectivity index (χ1n) is 8.72. The van der Waals surface area contributed by atoms with E-state index in [9.17, 15) is 0 Å². The SMILES string of the molecule is Cl.NC(N)=NCc1cc(OCc2ccccc2)cc(OCc2ccccc2)c1. The number of rotatable bonds is 8. The molecule has 0 heterocycles. The van der Waals surface area contributed by atoms with Gasteiger partial charge in [0.05, 0.1) is 6.54 Å². The number of nitrogens with zero attached hydrogens (tertiary/aromatic N) is 1. The molecule has 3 aromatic carbocycles. The van der Waals surface area contributed by atoms with Gasteiger partial charge in [0.2, 0.25) is 0 Å². The van der Waals surface area contributed by atoms with Gasteiger partial charge in [-0.1, -0.05) is 60.7 Å². The summed E-state index contributed by atoms with van der Waals surface area (Å²) in [5.74, 6) is 1.48. The molecule has 3 aromatic rings. The van der Waals surface area contributed by atoms with Crippen LogP contribution in [0.2, 0.25) is 0 Å². The molecule has 0 aromatic heterocycles. The maximum atomic E-state index is 5.94. The molecule has 0 spiro atoms. The van der Waals surface area contributed by atoms with Gasteiger partial charge in [0.1, 0.15) is 24.7 Å². The van der Waals surface area contributed by atoms with E-state index in [-0.39, 0.29) is 18.4 Å². The summed E-state index contributed by atoms with van der Waals surface area (Å²) in [5.41, 5.74) is 14.0. The van der Waals surface area contributed by atoms with Crippen LogP contribution in [0.4, 0.5) is 0 Å². The van der Waals surface area contributed by atoms with Gasteiger partial charge in [0.15, 0.2) is 5.96 Å². The van der Waals surface area contributed by atoms with Crippen molar-refractivity contribution < 1.29 is 9.47 Å². The molecule has 0 aliphatic carbocycles. The highest BCUT2D eigenvalue weighted by atomic mass is 35.5. The lowest BCUT2D eigenvalue weighted by Gasteiger charge is -2.12. The summed E-state index contributed by atoms with van der Waals surface area (Å²) in [6, 6.07) is 25.7. The summed E-state index contributed by atoms with van der Waals surface area (Å²) in [7, 11) is 0. The molecule has 0 saturated carbocycles. The van der Waals surface area contributed by atoms with Gasteiger partial charge in [0.25, 0.3) is 0 Å². The summed E-state index contributed by atoms with van der Waals surface area (Å²) in [6.07, 6.45) is 0. The number of nitrogens with two attached hydrogens (primary N) is 2. The summed E-state index contributed by atoms with van der Waals surface area (Å²) < 4.78 is 11.9. The molecule has 0 fully saturated rings. The van der Waals surface area contributed by atoms with Crippen LogP contribution in [-0.4, -0.2) is 5.96 Å². The van der Waals surface area contributed by atoms with Gasteiger partial charge >= 0.3 is 0 Å². The Morgan fingerprint density at radius 2 is 1.14 bits per heavy atom. The maximum Gasteiger partial charge on any atom is 0.186 e. The molecule has 3 rings (SSSR count). The van der Waals surface area contributed by atoms with Crippen LogP contribution >= 0.6 is 12.4 Å². The monoisotopic (exact) mass is 397 g/mol. The van der Waals surface area contributed by atoms with Crippen LogP contribution < -0.4 is 20.9 Å². The molecular weight excluding hydrogens is 374 g/mol. The molecule has 0 radical (unpaired) electrons. The van der Waals surface area contributed by atoms with E-state index >= 15 is 0 Å². The maximum absolute atomic E-state index is 5.94. The molecule has 0 aliphatic rings. The fourth-order valence-electron chi connectivity index (χ4n) is 2.55. The second-order valence-corrected chi connectivity index (χ2v) is 6.10. The molecule has 0 atom stereocenters. The van der Waals surface area contributed by atoms with Gasteiger partial charge in [-0.05, 0) is 28.8 Å². The van der Waals surface area contributed by atoms with Crippen LogP contribution in [0.1, 0.15) is 16.7 Å². The van der Waals surface area contributed by atoms with Crippen LogP contribution in [0, 0.1) is 0 Å². The summed E-state index contributed by atoms with van der Waals surface area (Å²) in [6.45, 7) is 1.32. The largest absolute Gasteiger partial charge is 0.489 e. The Kier molecular flexibility index (Phi) is 8.18. The second-order valence-electron chi connectivity index (χ2n) is 6.10. The summed E-state index contributed by atoms with van der Waals surface area (Å²) >= 11 is 0. The van der Waals surface area contributed by atoms with E-state index in [1.165, 1.54) is 0 Å². The van der Waals surface area contributed by atoms with Crippen molar-refractivity contribution in [3.05, 3.63) is 95.6 Å². The zero-order valence-corrected chi connectivity index (χ0v) is 16.3. The predicted molar refractivity (Wildman–Crippen MR) is 115 cm³/mol. The first-order valence-corrected chi connectivity index (χ1v) is 8.72. The highest BCUT2D eigenvalue weighted by molar-refractivity contribution is 5.85. The van der Waals surface area contributed by atoms with Crippen molar-refractivity contribution in [3.8, 4) is 11.5 Å². The minimum atomic E-state index is 0. The Bertz CT molecular complexity index is 821. The van der Waals surface area contributed by atoms with Crippen molar-refractivity contribution in [3.63, 3.8) is 0 Å². The van der Waals surface area contributed by atoms with Gasteiger partial charge in [-0.3, -0.25) is 0 Å². The quantitative estimate of drug-likeness (QED) is 0.444. The van der Waals surface area contributed by atoms with Crippen molar-refractivity contribution in [1.29, 1.82) is 0 Å². The highest BCUT2D eigenvalue weighted by Gasteiger charge is 2.05. The normalized spacial score (nSPS) is 9.86. The van der Waals surface area contributed by atoms with Crippen LogP contribution in [0.3, 0.4) is 0 Å². The number of hydrogen-bond donors (Lipinski definition) is 2. The van der Waals surface area contributed by atoms with E-state index in [4.69, 9.17) is 20.9 Å². The van der Waals surface area contributed by atoms with E-state index in [1.54, 1.807) is 0 Å². The first kappa shape index (κ1) is 21.1. The lowest BCUT2D eigenvalue weighted by Crippen LogP contribution is -2.22. The lowest BCUT2D eigenvalue weighted by atomic mass is 10.2. The number of aliphatic imine (C=N–C) groups is 1. The van der Waals surface area contributed by atoms with Gasteiger partial charge in [-0.25, -0.2) is 4.99 Å². The minimum Gasteiger partial charge on any atom is -0.489 e. The summed E-state index contributed by atoms with van der Waals surface area (Å²) in [5, 5.41) is 0. The number of ether oxygens (including phenoxy) is 2. The highest BCUT2D eigenvalue weighted by Crippen LogP contribution is 2.25. The van der Waals surface area contributed by atoms with Crippen LogP contribution in [0.5, 0.6) is 11.5 Å². The number of benzene rings is 3. The van der Waals surface area contributed by atoms with Crippen molar-refractivity contribution in [2.45, 2.75) is 19.8 Å². The molecular formula is C22H24ClN3O2. The number of hydrogen-bond acceptors (Lipinski definition) is 3. The van der Waals surface area contributed by atoms with E-state index in [1.807, 2.05) is 78.9 Å². The average Bonchev–Trinajstić information content (AvgIpc) is 2.71. The molecule has 6 heteroatoms. The van der Waals surface area contributed by atoms with E-state index < -0.39 is 0 Å². The molecule has 5 nitrogen and oxygen atoms in total. The lowest BCUT2D eigenvalue weighted by molar-refractivity contribution is 0.289. The minimum absolute atomic E-state index is 0. The first-order chi connectivity index (χ1) is 13.2. The van der Waals surface area contributed by atoms with E-state index in [0.29, 0.717) is 31.3 Å². The zero-order valence-electron chi connectivity index (χ0n) is 15.5. The zero-order chi connectivity index (χ0) is 18.9. The third kappa shape index (κ3) is 6.85. The van der Waals surface area contributed by atoms with Gasteiger partial charge < -0.3 is 20.9 Å². The van der Waals surface area contributed by atoms with Crippen molar-refractivity contribution in [1.82, 2.24) is 0 Å². The van der Waals surface area contributed by atoms with Gasteiger partial charge in [0, 0.05) is 6.07 Å². The van der Waals surface area contributed by atoms with E-state index in [2.05, 4.69) is 4.99 Å². The van der Waals surface area contributed by atoms with Crippen LogP contribution in [0.15, 0.2) is 83.9 Å². The third-order valence-electron chi connectivity index (χ3n) is 3.88. The third-order valence-corrected chi connectivity index (χ3v) is 3.88. The Morgan fingerprint density at radius 1 is 0.679 bits per heavy atom. The summed E-state index contributed by atoms with van der Waals surface area (Å²) in [4.78, 5) is 4.07. The molecule has 0 aliphatic heterocycles. The molecule has 0 bridgehead atoms. The smallest absolute Gasteiger partial charge is 0.186 e. The topological polar surface area (TPSA) is 82.9 Å². The number of halogens is 1. The second kappa shape index (κ2) is 10.8. The molecule has 4 N–H and O–H groups in total. The van der Waals surface area contributed by atoms with Crippen molar-refractivity contribution >= 4 is 18.4 Å². The Hall–Kier alpha value is -3.18. The molecule has 0 unspecified atom stereocenters. The molecule has 0 amide bonds. The Labute approximate surface area is 171 Å². The van der Waals surface area contributed by atoms with Crippen LogP contribution in [0.25, 0.3) is 0 Å². The fraction of sp³-hybridized carbons (Fsp3) is 0.136. The Balaban J connectivity index is 0.00000280. The average molecular weight is 398 g/mol. The van der Waals surface area contributed by atoms with E-state index in [0.717, 1.165) is 16.7 Å². The Morgan fingerprint density at radius 3 is 1.57 bits per heavy atom. The fourth-order valence-corrected chi connectivity index (χ4v) is 2.55. The number of guanidine groups is 1.